The molecule has 0 spiro atoms. The standard InChI is InChI=1S/C20H23BrN2O2/c1-13-11-23(12-14(2)25-13)20-8-7-16(10-22-20)9-19(24)17-5-4-6-18(21)15(17)3/h4-8,10,13-14H,9,11-12H2,1-3H3/t13-,14+. The Labute approximate surface area is 157 Å². The molecule has 5 heteroatoms. The Morgan fingerprint density at radius 3 is 2.60 bits per heavy atom. The van der Waals surface area contributed by atoms with Crippen molar-refractivity contribution < 1.29 is 9.53 Å². The number of benzene rings is 1. The molecule has 0 amide bonds. The second-order valence-corrected chi connectivity index (χ2v) is 7.55. The van der Waals surface area contributed by atoms with Crippen molar-refractivity contribution >= 4 is 27.5 Å². The lowest BCUT2D eigenvalue weighted by Gasteiger charge is -2.36. The second kappa shape index (κ2) is 7.67. The van der Waals surface area contributed by atoms with E-state index in [1.807, 2.05) is 43.5 Å². The Bertz CT molecular complexity index is 751. The van der Waals surface area contributed by atoms with E-state index in [4.69, 9.17) is 4.74 Å². The van der Waals surface area contributed by atoms with Crippen LogP contribution in [0.2, 0.25) is 0 Å². The van der Waals surface area contributed by atoms with Crippen molar-refractivity contribution in [2.24, 2.45) is 0 Å². The van der Waals surface area contributed by atoms with E-state index in [9.17, 15) is 4.79 Å². The summed E-state index contributed by atoms with van der Waals surface area (Å²) in [6.07, 6.45) is 2.57. The van der Waals surface area contributed by atoms with Gasteiger partial charge in [0, 0.05) is 35.7 Å². The van der Waals surface area contributed by atoms with Crippen molar-refractivity contribution in [2.75, 3.05) is 18.0 Å². The molecule has 2 heterocycles. The minimum Gasteiger partial charge on any atom is -0.372 e. The van der Waals surface area contributed by atoms with E-state index in [1.165, 1.54) is 0 Å². The number of hydrogen-bond donors (Lipinski definition) is 0. The van der Waals surface area contributed by atoms with Gasteiger partial charge in [0.2, 0.25) is 0 Å². The summed E-state index contributed by atoms with van der Waals surface area (Å²) >= 11 is 3.48. The fourth-order valence-electron chi connectivity index (χ4n) is 3.26. The van der Waals surface area contributed by atoms with Crippen molar-refractivity contribution in [2.45, 2.75) is 39.4 Å². The van der Waals surface area contributed by atoms with Crippen LogP contribution in [0.5, 0.6) is 0 Å². The first-order chi connectivity index (χ1) is 11.9. The maximum absolute atomic E-state index is 12.6. The molecule has 3 rings (SSSR count). The highest BCUT2D eigenvalue weighted by Crippen LogP contribution is 2.22. The maximum Gasteiger partial charge on any atom is 0.167 e. The average molecular weight is 403 g/mol. The Morgan fingerprint density at radius 1 is 1.24 bits per heavy atom. The Hall–Kier alpha value is -1.72. The molecule has 4 nitrogen and oxygen atoms in total. The third kappa shape index (κ3) is 4.28. The number of ketones is 1. The zero-order valence-electron chi connectivity index (χ0n) is 14.8. The Kier molecular flexibility index (Phi) is 5.54. The maximum atomic E-state index is 12.6. The van der Waals surface area contributed by atoms with Crippen molar-refractivity contribution in [3.63, 3.8) is 0 Å². The fraction of sp³-hybridized carbons (Fsp3) is 0.400. The predicted molar refractivity (Wildman–Crippen MR) is 103 cm³/mol. The molecule has 1 aliphatic heterocycles. The quantitative estimate of drug-likeness (QED) is 0.718. The summed E-state index contributed by atoms with van der Waals surface area (Å²) in [4.78, 5) is 19.4. The van der Waals surface area contributed by atoms with Crippen molar-refractivity contribution in [1.29, 1.82) is 0 Å². The highest BCUT2D eigenvalue weighted by atomic mass is 79.9. The summed E-state index contributed by atoms with van der Waals surface area (Å²) in [7, 11) is 0. The number of rotatable bonds is 4. The summed E-state index contributed by atoms with van der Waals surface area (Å²) in [5.41, 5.74) is 2.67. The minimum atomic E-state index is 0.113. The van der Waals surface area contributed by atoms with Crippen LogP contribution in [0, 0.1) is 6.92 Å². The van der Waals surface area contributed by atoms with Gasteiger partial charge < -0.3 is 9.64 Å². The van der Waals surface area contributed by atoms with Crippen LogP contribution >= 0.6 is 15.9 Å². The third-order valence-electron chi connectivity index (χ3n) is 4.49. The molecule has 1 aliphatic rings. The number of anilines is 1. The summed E-state index contributed by atoms with van der Waals surface area (Å²) in [5, 5.41) is 0. The lowest BCUT2D eigenvalue weighted by atomic mass is 10.00. The molecule has 1 fully saturated rings. The molecular formula is C20H23BrN2O2. The van der Waals surface area contributed by atoms with Crippen LogP contribution in [-0.4, -0.2) is 36.1 Å². The summed E-state index contributed by atoms with van der Waals surface area (Å²) in [5.74, 6) is 1.05. The van der Waals surface area contributed by atoms with E-state index < -0.39 is 0 Å². The smallest absolute Gasteiger partial charge is 0.167 e. The zero-order valence-corrected chi connectivity index (χ0v) is 16.4. The first-order valence-electron chi connectivity index (χ1n) is 8.57. The molecule has 1 aromatic carbocycles. The van der Waals surface area contributed by atoms with Gasteiger partial charge in [0.1, 0.15) is 5.82 Å². The molecule has 2 aromatic rings. The minimum absolute atomic E-state index is 0.113. The molecule has 132 valence electrons. The van der Waals surface area contributed by atoms with Crippen molar-refractivity contribution in [1.82, 2.24) is 4.98 Å². The van der Waals surface area contributed by atoms with E-state index in [0.717, 1.165) is 40.1 Å². The number of morpholine rings is 1. The fourth-order valence-corrected chi connectivity index (χ4v) is 3.63. The highest BCUT2D eigenvalue weighted by molar-refractivity contribution is 9.10. The average Bonchev–Trinajstić information content (AvgIpc) is 2.57. The lowest BCUT2D eigenvalue weighted by Crippen LogP contribution is -2.45. The van der Waals surface area contributed by atoms with Crippen LogP contribution in [0.15, 0.2) is 41.0 Å². The summed E-state index contributed by atoms with van der Waals surface area (Å²) in [6.45, 7) is 7.80. The number of pyridine rings is 1. The first-order valence-corrected chi connectivity index (χ1v) is 9.37. The van der Waals surface area contributed by atoms with Gasteiger partial charge in [-0.1, -0.05) is 34.1 Å². The van der Waals surface area contributed by atoms with E-state index >= 15 is 0 Å². The van der Waals surface area contributed by atoms with Gasteiger partial charge in [-0.2, -0.15) is 0 Å². The van der Waals surface area contributed by atoms with E-state index in [0.29, 0.717) is 6.42 Å². The number of carbonyl (C=O) groups is 1. The van der Waals surface area contributed by atoms with E-state index in [-0.39, 0.29) is 18.0 Å². The van der Waals surface area contributed by atoms with Gasteiger partial charge in [-0.05, 0) is 44.0 Å². The first kappa shape index (κ1) is 18.1. The normalized spacial score (nSPS) is 20.6. The molecule has 2 atom stereocenters. The molecule has 0 aliphatic carbocycles. The lowest BCUT2D eigenvalue weighted by molar-refractivity contribution is -0.00545. The van der Waals surface area contributed by atoms with Crippen molar-refractivity contribution in [3.8, 4) is 0 Å². The van der Waals surface area contributed by atoms with Crippen LogP contribution < -0.4 is 4.90 Å². The van der Waals surface area contributed by atoms with Crippen molar-refractivity contribution in [3.05, 3.63) is 57.7 Å². The van der Waals surface area contributed by atoms with E-state index in [2.05, 4.69) is 39.7 Å². The number of nitrogens with zero attached hydrogens (tertiary/aromatic N) is 2. The number of Topliss-reactive ketones (excluding diaryl/α,β-unsaturated/α-hetero) is 1. The molecule has 0 saturated carbocycles. The van der Waals surface area contributed by atoms with Gasteiger partial charge in [-0.3, -0.25) is 4.79 Å². The summed E-state index contributed by atoms with van der Waals surface area (Å²) < 4.78 is 6.73. The van der Waals surface area contributed by atoms with Gasteiger partial charge in [0.15, 0.2) is 5.78 Å². The van der Waals surface area contributed by atoms with Crippen LogP contribution in [0.4, 0.5) is 5.82 Å². The predicted octanol–water partition coefficient (Wildman–Crippen LogP) is 4.19. The number of ether oxygens (including phenoxy) is 1. The molecule has 0 unspecified atom stereocenters. The largest absolute Gasteiger partial charge is 0.372 e. The van der Waals surface area contributed by atoms with Crippen LogP contribution in [0.1, 0.15) is 35.3 Å². The van der Waals surface area contributed by atoms with Gasteiger partial charge in [0.25, 0.3) is 0 Å². The van der Waals surface area contributed by atoms with Gasteiger partial charge >= 0.3 is 0 Å². The van der Waals surface area contributed by atoms with Gasteiger partial charge in [-0.15, -0.1) is 0 Å². The monoisotopic (exact) mass is 402 g/mol. The second-order valence-electron chi connectivity index (χ2n) is 6.70. The molecule has 1 aromatic heterocycles. The summed E-state index contributed by atoms with van der Waals surface area (Å²) in [6, 6.07) is 9.72. The van der Waals surface area contributed by atoms with Crippen LogP contribution in [-0.2, 0) is 11.2 Å². The number of aromatic nitrogens is 1. The zero-order chi connectivity index (χ0) is 18.0. The molecule has 0 bridgehead atoms. The molecule has 25 heavy (non-hydrogen) atoms. The third-order valence-corrected chi connectivity index (χ3v) is 5.34. The molecule has 0 radical (unpaired) electrons. The molecule has 1 saturated heterocycles. The van der Waals surface area contributed by atoms with Crippen LogP contribution in [0.25, 0.3) is 0 Å². The van der Waals surface area contributed by atoms with Gasteiger partial charge in [0.05, 0.1) is 12.2 Å². The number of hydrogen-bond acceptors (Lipinski definition) is 4. The SMILES string of the molecule is Cc1c(Br)cccc1C(=O)Cc1ccc(N2C[C@@H](C)O[C@@H](C)C2)nc1. The highest BCUT2D eigenvalue weighted by Gasteiger charge is 2.23. The van der Waals surface area contributed by atoms with Crippen LogP contribution in [0.3, 0.4) is 0 Å². The Balaban J connectivity index is 1.70. The van der Waals surface area contributed by atoms with Gasteiger partial charge in [-0.25, -0.2) is 4.98 Å². The van der Waals surface area contributed by atoms with E-state index in [1.54, 1.807) is 0 Å². The topological polar surface area (TPSA) is 42.4 Å². The molecular weight excluding hydrogens is 380 g/mol. The number of halogens is 1. The molecule has 0 N–H and O–H groups in total. The number of carbonyl (C=O) groups excluding carboxylic acids is 1. The Morgan fingerprint density at radius 2 is 1.96 bits per heavy atom.